The normalized spacial score (nSPS) is 25.4. The number of aliphatic hydroxyl groups excluding tert-OH is 1. The van der Waals surface area contributed by atoms with Crippen molar-refractivity contribution >= 4 is 6.03 Å². The fourth-order valence-corrected chi connectivity index (χ4v) is 2.39. The summed E-state index contributed by atoms with van der Waals surface area (Å²) in [5.41, 5.74) is 16.5. The first-order valence-electron chi connectivity index (χ1n) is 7.22. The number of nitrogens with two attached hydrogens (primary N) is 3. The van der Waals surface area contributed by atoms with Gasteiger partial charge in [-0.3, -0.25) is 10.2 Å². The van der Waals surface area contributed by atoms with E-state index in [1.807, 2.05) is 4.90 Å². The molecule has 0 saturated carbocycles. The minimum atomic E-state index is -0.763. The van der Waals surface area contributed by atoms with Crippen LogP contribution in [0.2, 0.25) is 0 Å². The summed E-state index contributed by atoms with van der Waals surface area (Å²) in [5.74, 6) is 0. The van der Waals surface area contributed by atoms with Gasteiger partial charge in [-0.15, -0.1) is 0 Å². The molecule has 118 valence electrons. The molecule has 1 rings (SSSR count). The summed E-state index contributed by atoms with van der Waals surface area (Å²) in [6.07, 6.45) is 3.42. The molecule has 3 atom stereocenters. The van der Waals surface area contributed by atoms with E-state index in [4.69, 9.17) is 17.2 Å². The summed E-state index contributed by atoms with van der Waals surface area (Å²) in [5, 5.41) is 15.4. The number of hydrogen-bond acceptors (Lipinski definition) is 6. The molecule has 0 aromatic heterocycles. The van der Waals surface area contributed by atoms with Crippen molar-refractivity contribution in [1.29, 1.82) is 0 Å². The average Bonchev–Trinajstić information content (AvgIpc) is 2.38. The fourth-order valence-electron chi connectivity index (χ4n) is 2.39. The minimum absolute atomic E-state index is 0.178. The molecule has 1 fully saturated rings. The third-order valence-corrected chi connectivity index (χ3v) is 3.52. The summed E-state index contributed by atoms with van der Waals surface area (Å²) in [6.45, 7) is 2.15. The number of rotatable bonds is 8. The number of carbonyl (C=O) groups is 1. The molecule has 8 nitrogen and oxygen atoms in total. The molecule has 2 amide bonds. The zero-order valence-corrected chi connectivity index (χ0v) is 11.9. The molecule has 0 bridgehead atoms. The zero-order chi connectivity index (χ0) is 15.0. The van der Waals surface area contributed by atoms with Crippen LogP contribution in [0.15, 0.2) is 0 Å². The second-order valence-corrected chi connectivity index (χ2v) is 5.26. The van der Waals surface area contributed by atoms with Crippen LogP contribution in [0.4, 0.5) is 4.79 Å². The number of nitrogens with zero attached hydrogens (tertiary/aromatic N) is 1. The minimum Gasteiger partial charge on any atom is -0.365 e. The Morgan fingerprint density at radius 2 is 2.15 bits per heavy atom. The largest absolute Gasteiger partial charge is 0.365 e. The summed E-state index contributed by atoms with van der Waals surface area (Å²) in [4.78, 5) is 12.7. The van der Waals surface area contributed by atoms with Crippen LogP contribution in [-0.2, 0) is 0 Å². The van der Waals surface area contributed by atoms with Crippen LogP contribution in [0, 0.1) is 0 Å². The van der Waals surface area contributed by atoms with Crippen LogP contribution >= 0.6 is 0 Å². The quantitative estimate of drug-likeness (QED) is 0.317. The van der Waals surface area contributed by atoms with E-state index >= 15 is 0 Å². The van der Waals surface area contributed by atoms with Crippen LogP contribution in [0.5, 0.6) is 0 Å². The maximum Gasteiger partial charge on any atom is 0.313 e. The molecule has 0 aromatic rings. The Morgan fingerprint density at radius 1 is 1.45 bits per heavy atom. The van der Waals surface area contributed by atoms with Gasteiger partial charge in [-0.1, -0.05) is 0 Å². The summed E-state index contributed by atoms with van der Waals surface area (Å²) < 4.78 is 0. The average molecular weight is 288 g/mol. The van der Waals surface area contributed by atoms with Gasteiger partial charge in [0.2, 0.25) is 0 Å². The van der Waals surface area contributed by atoms with E-state index in [0.29, 0.717) is 19.5 Å². The fraction of sp³-hybridized carbons (Fsp3) is 0.917. The third kappa shape index (κ3) is 6.49. The first-order valence-corrected chi connectivity index (χ1v) is 7.22. The number of aliphatic hydroxyl groups is 1. The van der Waals surface area contributed by atoms with Gasteiger partial charge in [0.25, 0.3) is 0 Å². The predicted octanol–water partition coefficient (Wildman–Crippen LogP) is -1.60. The Labute approximate surface area is 120 Å². The molecule has 20 heavy (non-hydrogen) atoms. The molecular formula is C12H28N6O2. The molecule has 8 heteroatoms. The van der Waals surface area contributed by atoms with E-state index in [1.54, 1.807) is 0 Å². The third-order valence-electron chi connectivity index (χ3n) is 3.52. The van der Waals surface area contributed by atoms with E-state index in [2.05, 4.69) is 10.6 Å². The van der Waals surface area contributed by atoms with Crippen molar-refractivity contribution in [3.63, 3.8) is 0 Å². The van der Waals surface area contributed by atoms with Crippen molar-refractivity contribution in [3.05, 3.63) is 0 Å². The SMILES string of the molecule is NCCC[C@H](N)CCCN1CCC(NC(N)=O)NC1O. The number of amides is 2. The Hall–Kier alpha value is -0.930. The first-order chi connectivity index (χ1) is 9.52. The van der Waals surface area contributed by atoms with Crippen molar-refractivity contribution < 1.29 is 9.90 Å². The van der Waals surface area contributed by atoms with Crippen molar-refractivity contribution in [1.82, 2.24) is 15.5 Å². The Bertz CT molecular complexity index is 291. The van der Waals surface area contributed by atoms with Gasteiger partial charge >= 0.3 is 6.03 Å². The highest BCUT2D eigenvalue weighted by Gasteiger charge is 2.26. The highest BCUT2D eigenvalue weighted by atomic mass is 16.3. The number of hydrogen-bond donors (Lipinski definition) is 6. The van der Waals surface area contributed by atoms with Gasteiger partial charge < -0.3 is 27.6 Å². The van der Waals surface area contributed by atoms with Crippen LogP contribution in [0.3, 0.4) is 0 Å². The van der Waals surface area contributed by atoms with Crippen molar-refractivity contribution in [2.45, 2.75) is 50.7 Å². The lowest BCUT2D eigenvalue weighted by molar-refractivity contribution is -0.0588. The molecule has 9 N–H and O–H groups in total. The second kappa shape index (κ2) is 9.09. The molecule has 2 unspecified atom stereocenters. The van der Waals surface area contributed by atoms with Crippen molar-refractivity contribution in [2.24, 2.45) is 17.2 Å². The van der Waals surface area contributed by atoms with Gasteiger partial charge in [-0.25, -0.2) is 4.79 Å². The smallest absolute Gasteiger partial charge is 0.313 e. The lowest BCUT2D eigenvalue weighted by atomic mass is 10.1. The predicted molar refractivity (Wildman–Crippen MR) is 77.3 cm³/mol. The Kier molecular flexibility index (Phi) is 7.78. The van der Waals surface area contributed by atoms with E-state index in [-0.39, 0.29) is 12.2 Å². The van der Waals surface area contributed by atoms with Gasteiger partial charge in [0.1, 0.15) is 0 Å². The van der Waals surface area contributed by atoms with E-state index in [0.717, 1.165) is 32.2 Å². The molecule has 0 aromatic carbocycles. The summed E-state index contributed by atoms with van der Waals surface area (Å²) in [7, 11) is 0. The van der Waals surface area contributed by atoms with Gasteiger partial charge in [-0.2, -0.15) is 0 Å². The maximum absolute atomic E-state index is 10.7. The standard InChI is InChI=1S/C12H28N6O2/c13-6-1-3-9(14)4-2-7-18-8-5-10(16-11(15)19)17-12(18)20/h9-10,12,17,20H,1-8,13-14H2,(H3,15,16,19)/t9-,10?,12?/m0/s1. The monoisotopic (exact) mass is 288 g/mol. The molecule has 0 aliphatic carbocycles. The summed E-state index contributed by atoms with van der Waals surface area (Å²) >= 11 is 0. The lowest BCUT2D eigenvalue weighted by Gasteiger charge is -2.37. The molecule has 1 saturated heterocycles. The van der Waals surface area contributed by atoms with E-state index < -0.39 is 12.4 Å². The lowest BCUT2D eigenvalue weighted by Crippen LogP contribution is -2.61. The highest BCUT2D eigenvalue weighted by Crippen LogP contribution is 2.09. The number of primary amides is 1. The summed E-state index contributed by atoms with van der Waals surface area (Å²) in [6, 6.07) is -0.410. The van der Waals surface area contributed by atoms with Crippen LogP contribution in [0.1, 0.15) is 32.1 Å². The second-order valence-electron chi connectivity index (χ2n) is 5.26. The van der Waals surface area contributed by atoms with Crippen molar-refractivity contribution in [2.75, 3.05) is 19.6 Å². The number of carbonyl (C=O) groups excluding carboxylic acids is 1. The van der Waals surface area contributed by atoms with E-state index in [1.165, 1.54) is 0 Å². The molecular weight excluding hydrogens is 260 g/mol. The maximum atomic E-state index is 10.7. The molecule has 1 heterocycles. The van der Waals surface area contributed by atoms with Crippen LogP contribution in [-0.4, -0.2) is 54.2 Å². The Morgan fingerprint density at radius 3 is 2.75 bits per heavy atom. The molecule has 1 aliphatic heterocycles. The topological polar surface area (TPSA) is 143 Å². The Balaban J connectivity index is 2.17. The van der Waals surface area contributed by atoms with Gasteiger partial charge in [0, 0.05) is 19.1 Å². The van der Waals surface area contributed by atoms with Gasteiger partial charge in [0.05, 0.1) is 6.17 Å². The number of urea groups is 1. The van der Waals surface area contributed by atoms with Crippen LogP contribution in [0.25, 0.3) is 0 Å². The molecule has 1 aliphatic rings. The molecule has 0 radical (unpaired) electrons. The van der Waals surface area contributed by atoms with E-state index in [9.17, 15) is 9.90 Å². The van der Waals surface area contributed by atoms with Gasteiger partial charge in [0.15, 0.2) is 6.35 Å². The first kappa shape index (κ1) is 17.1. The van der Waals surface area contributed by atoms with Crippen LogP contribution < -0.4 is 27.8 Å². The van der Waals surface area contributed by atoms with Gasteiger partial charge in [-0.05, 0) is 38.6 Å². The van der Waals surface area contributed by atoms with Crippen molar-refractivity contribution in [3.8, 4) is 0 Å². The number of nitrogens with one attached hydrogen (secondary N) is 2. The highest BCUT2D eigenvalue weighted by molar-refractivity contribution is 5.71. The molecule has 0 spiro atoms. The zero-order valence-electron chi connectivity index (χ0n) is 11.9.